The van der Waals surface area contributed by atoms with Crippen molar-refractivity contribution in [1.29, 1.82) is 0 Å². The molecule has 0 bridgehead atoms. The monoisotopic (exact) mass is 296 g/mol. The molecule has 0 saturated carbocycles. The van der Waals surface area contributed by atoms with Crippen LogP contribution in [0.1, 0.15) is 38.8 Å². The number of rotatable bonds is 9. The van der Waals surface area contributed by atoms with Gasteiger partial charge in [-0.2, -0.15) is 0 Å². The van der Waals surface area contributed by atoms with Gasteiger partial charge in [0.25, 0.3) is 0 Å². The highest BCUT2D eigenvalue weighted by atomic mass is 19.1. The van der Waals surface area contributed by atoms with Crippen LogP contribution < -0.4 is 5.73 Å². The van der Waals surface area contributed by atoms with E-state index in [0.29, 0.717) is 18.2 Å². The van der Waals surface area contributed by atoms with Crippen LogP contribution in [0.25, 0.3) is 0 Å². The minimum Gasteiger partial charge on any atom is -0.383 e. The minimum absolute atomic E-state index is 0.174. The smallest absolute Gasteiger partial charge is 0.127 e. The van der Waals surface area contributed by atoms with Crippen molar-refractivity contribution in [1.82, 2.24) is 4.90 Å². The zero-order valence-electron chi connectivity index (χ0n) is 13.7. The van der Waals surface area contributed by atoms with Crippen molar-refractivity contribution in [3.05, 3.63) is 35.6 Å². The third kappa shape index (κ3) is 5.38. The van der Waals surface area contributed by atoms with Gasteiger partial charge in [0.1, 0.15) is 5.82 Å². The summed E-state index contributed by atoms with van der Waals surface area (Å²) < 4.78 is 19.0. The van der Waals surface area contributed by atoms with E-state index in [1.165, 1.54) is 6.07 Å². The maximum atomic E-state index is 13.9. The number of hydrogen-bond donors (Lipinski definition) is 1. The van der Waals surface area contributed by atoms with Crippen LogP contribution >= 0.6 is 0 Å². The summed E-state index contributed by atoms with van der Waals surface area (Å²) in [6.07, 6.45) is 1.07. The molecule has 3 unspecified atom stereocenters. The van der Waals surface area contributed by atoms with Crippen LogP contribution in [0, 0.1) is 11.7 Å². The van der Waals surface area contributed by atoms with Crippen LogP contribution in [0.5, 0.6) is 0 Å². The lowest BCUT2D eigenvalue weighted by atomic mass is 9.94. The number of ether oxygens (including phenoxy) is 1. The topological polar surface area (TPSA) is 38.5 Å². The minimum atomic E-state index is -0.291. The molecule has 0 saturated heterocycles. The lowest BCUT2D eigenvalue weighted by molar-refractivity contribution is 0.107. The molecule has 120 valence electrons. The lowest BCUT2D eigenvalue weighted by Gasteiger charge is -2.33. The van der Waals surface area contributed by atoms with Gasteiger partial charge in [-0.15, -0.1) is 0 Å². The Labute approximate surface area is 128 Å². The molecule has 0 spiro atoms. The van der Waals surface area contributed by atoms with Crippen LogP contribution in [0.3, 0.4) is 0 Å². The Morgan fingerprint density at radius 2 is 1.95 bits per heavy atom. The van der Waals surface area contributed by atoms with Crippen molar-refractivity contribution < 1.29 is 9.13 Å². The molecule has 0 aliphatic carbocycles. The number of nitrogens with two attached hydrogens (primary N) is 1. The molecule has 0 aliphatic heterocycles. The van der Waals surface area contributed by atoms with E-state index in [9.17, 15) is 4.39 Å². The first-order valence-corrected chi connectivity index (χ1v) is 7.74. The normalized spacial score (nSPS) is 16.0. The second-order valence-corrected chi connectivity index (χ2v) is 5.77. The maximum Gasteiger partial charge on any atom is 0.127 e. The maximum absolute atomic E-state index is 13.9. The SMILES string of the molecule is CCC(C)N(CCOC)CC(C)C(N)c1ccccc1F. The molecule has 1 aromatic carbocycles. The fraction of sp³-hybridized carbons (Fsp3) is 0.647. The molecule has 0 amide bonds. The molecular weight excluding hydrogens is 267 g/mol. The molecule has 0 aromatic heterocycles. The number of nitrogens with zero attached hydrogens (tertiary/aromatic N) is 1. The van der Waals surface area contributed by atoms with E-state index in [1.807, 2.05) is 6.07 Å². The fourth-order valence-electron chi connectivity index (χ4n) is 2.49. The highest BCUT2D eigenvalue weighted by Gasteiger charge is 2.22. The third-order valence-electron chi connectivity index (χ3n) is 4.20. The van der Waals surface area contributed by atoms with Gasteiger partial charge in [-0.05, 0) is 25.3 Å². The second kappa shape index (κ2) is 9.13. The van der Waals surface area contributed by atoms with E-state index < -0.39 is 0 Å². The van der Waals surface area contributed by atoms with E-state index >= 15 is 0 Å². The van der Waals surface area contributed by atoms with Crippen LogP contribution in [0.15, 0.2) is 24.3 Å². The predicted molar refractivity (Wildman–Crippen MR) is 85.7 cm³/mol. The molecule has 0 radical (unpaired) electrons. The van der Waals surface area contributed by atoms with Gasteiger partial charge in [0, 0.05) is 37.8 Å². The fourth-order valence-corrected chi connectivity index (χ4v) is 2.49. The Bertz CT molecular complexity index is 414. The third-order valence-corrected chi connectivity index (χ3v) is 4.20. The molecule has 0 heterocycles. The zero-order valence-corrected chi connectivity index (χ0v) is 13.7. The van der Waals surface area contributed by atoms with Crippen molar-refractivity contribution in [2.75, 3.05) is 26.8 Å². The summed E-state index contributed by atoms with van der Waals surface area (Å²) in [5.41, 5.74) is 6.86. The van der Waals surface area contributed by atoms with Crippen molar-refractivity contribution >= 4 is 0 Å². The Kier molecular flexibility index (Phi) is 7.86. The standard InChI is InChI=1S/C17H29FN2O/c1-5-14(3)20(10-11-21-4)12-13(2)17(19)15-8-6-7-9-16(15)18/h6-9,13-14,17H,5,10-12,19H2,1-4H3. The van der Waals surface area contributed by atoms with Crippen LogP contribution in [0.2, 0.25) is 0 Å². The van der Waals surface area contributed by atoms with Crippen LogP contribution in [-0.4, -0.2) is 37.7 Å². The summed E-state index contributed by atoms with van der Waals surface area (Å²) in [6.45, 7) is 8.88. The lowest BCUT2D eigenvalue weighted by Crippen LogP contribution is -2.41. The summed E-state index contributed by atoms with van der Waals surface area (Å²) in [5.74, 6) is -0.0448. The molecule has 3 atom stereocenters. The molecule has 2 N–H and O–H groups in total. The van der Waals surface area contributed by atoms with Crippen LogP contribution in [-0.2, 0) is 4.74 Å². The molecule has 1 rings (SSSR count). The van der Waals surface area contributed by atoms with Gasteiger partial charge in [0.15, 0.2) is 0 Å². The predicted octanol–water partition coefficient (Wildman–Crippen LogP) is 3.21. The van der Waals surface area contributed by atoms with E-state index in [2.05, 4.69) is 25.7 Å². The number of hydrogen-bond acceptors (Lipinski definition) is 3. The largest absolute Gasteiger partial charge is 0.383 e. The van der Waals surface area contributed by atoms with E-state index in [1.54, 1.807) is 19.2 Å². The van der Waals surface area contributed by atoms with Gasteiger partial charge in [-0.25, -0.2) is 4.39 Å². The Hall–Kier alpha value is -0.970. The molecule has 1 aromatic rings. The van der Waals surface area contributed by atoms with Crippen LogP contribution in [0.4, 0.5) is 4.39 Å². The average Bonchev–Trinajstić information content (AvgIpc) is 2.50. The van der Waals surface area contributed by atoms with Crippen molar-refractivity contribution in [3.63, 3.8) is 0 Å². The molecule has 21 heavy (non-hydrogen) atoms. The highest BCUT2D eigenvalue weighted by Crippen LogP contribution is 2.23. The number of benzene rings is 1. The molecule has 0 fully saturated rings. The Morgan fingerprint density at radius 1 is 1.29 bits per heavy atom. The van der Waals surface area contributed by atoms with Gasteiger partial charge < -0.3 is 10.5 Å². The van der Waals surface area contributed by atoms with Gasteiger partial charge in [-0.3, -0.25) is 4.90 Å². The number of methoxy groups -OCH3 is 1. The molecule has 0 aliphatic rings. The summed E-state index contributed by atoms with van der Waals surface area (Å²) in [6, 6.07) is 6.96. The second-order valence-electron chi connectivity index (χ2n) is 5.77. The summed E-state index contributed by atoms with van der Waals surface area (Å²) in [7, 11) is 1.71. The Balaban J connectivity index is 2.71. The quantitative estimate of drug-likeness (QED) is 0.760. The first-order valence-electron chi connectivity index (χ1n) is 7.74. The van der Waals surface area contributed by atoms with Crippen molar-refractivity contribution in [2.24, 2.45) is 11.7 Å². The average molecular weight is 296 g/mol. The first-order chi connectivity index (χ1) is 10.0. The number of halogens is 1. The Morgan fingerprint density at radius 3 is 2.52 bits per heavy atom. The molecule has 3 nitrogen and oxygen atoms in total. The van der Waals surface area contributed by atoms with Gasteiger partial charge in [0.2, 0.25) is 0 Å². The zero-order chi connectivity index (χ0) is 15.8. The highest BCUT2D eigenvalue weighted by molar-refractivity contribution is 5.21. The summed E-state index contributed by atoms with van der Waals surface area (Å²) in [5, 5.41) is 0. The van der Waals surface area contributed by atoms with Gasteiger partial charge >= 0.3 is 0 Å². The molecular formula is C17H29FN2O. The molecule has 4 heteroatoms. The van der Waals surface area contributed by atoms with Gasteiger partial charge in [-0.1, -0.05) is 32.0 Å². The van der Waals surface area contributed by atoms with E-state index in [-0.39, 0.29) is 17.8 Å². The van der Waals surface area contributed by atoms with E-state index in [0.717, 1.165) is 19.5 Å². The summed E-state index contributed by atoms with van der Waals surface area (Å²) >= 11 is 0. The van der Waals surface area contributed by atoms with Crippen molar-refractivity contribution in [2.45, 2.75) is 39.3 Å². The van der Waals surface area contributed by atoms with Crippen molar-refractivity contribution in [3.8, 4) is 0 Å². The summed E-state index contributed by atoms with van der Waals surface area (Å²) in [4.78, 5) is 2.37. The first kappa shape index (κ1) is 18.1. The van der Waals surface area contributed by atoms with Gasteiger partial charge in [0.05, 0.1) is 6.61 Å². The van der Waals surface area contributed by atoms with E-state index in [4.69, 9.17) is 10.5 Å².